The molecular formula is C13H9BrFNO4S. The summed E-state index contributed by atoms with van der Waals surface area (Å²) in [5, 5.41) is 10.6. The van der Waals surface area contributed by atoms with Crippen molar-refractivity contribution in [3.8, 4) is 0 Å². The third kappa shape index (κ3) is 3.64. The minimum atomic E-state index is -3.65. The summed E-state index contributed by atoms with van der Waals surface area (Å²) < 4.78 is 37.6. The van der Waals surface area contributed by atoms with Gasteiger partial charge in [-0.05, 0) is 29.8 Å². The van der Waals surface area contributed by atoms with Crippen molar-refractivity contribution < 1.29 is 17.7 Å². The molecule has 0 saturated carbocycles. The van der Waals surface area contributed by atoms with Gasteiger partial charge in [0.15, 0.2) is 9.84 Å². The molecule has 0 aliphatic carbocycles. The molecule has 0 unspecified atom stereocenters. The van der Waals surface area contributed by atoms with Crippen molar-refractivity contribution >= 4 is 31.5 Å². The van der Waals surface area contributed by atoms with E-state index in [-0.39, 0.29) is 16.3 Å². The van der Waals surface area contributed by atoms with Crippen LogP contribution < -0.4 is 0 Å². The lowest BCUT2D eigenvalue weighted by Gasteiger charge is -2.06. The molecule has 0 aliphatic heterocycles. The Labute approximate surface area is 128 Å². The summed E-state index contributed by atoms with van der Waals surface area (Å²) in [7, 11) is -3.65. The van der Waals surface area contributed by atoms with Crippen LogP contribution in [-0.2, 0) is 15.6 Å². The molecule has 21 heavy (non-hydrogen) atoms. The zero-order valence-corrected chi connectivity index (χ0v) is 12.9. The van der Waals surface area contributed by atoms with E-state index in [1.165, 1.54) is 30.3 Å². The average Bonchev–Trinajstić information content (AvgIpc) is 2.41. The zero-order valence-electron chi connectivity index (χ0n) is 10.5. The first kappa shape index (κ1) is 15.6. The van der Waals surface area contributed by atoms with E-state index in [0.29, 0.717) is 10.0 Å². The number of hydrogen-bond donors (Lipinski definition) is 0. The molecule has 0 atom stereocenters. The van der Waals surface area contributed by atoms with Crippen molar-refractivity contribution in [3.63, 3.8) is 0 Å². The van der Waals surface area contributed by atoms with Crippen LogP contribution >= 0.6 is 15.9 Å². The number of rotatable bonds is 4. The van der Waals surface area contributed by atoms with E-state index in [1.54, 1.807) is 0 Å². The van der Waals surface area contributed by atoms with E-state index < -0.39 is 20.6 Å². The van der Waals surface area contributed by atoms with Gasteiger partial charge in [0.25, 0.3) is 5.69 Å². The van der Waals surface area contributed by atoms with Crippen LogP contribution in [0.3, 0.4) is 0 Å². The Morgan fingerprint density at radius 1 is 1.14 bits per heavy atom. The summed E-state index contributed by atoms with van der Waals surface area (Å²) in [5.41, 5.74) is 0.259. The van der Waals surface area contributed by atoms with E-state index in [1.807, 2.05) is 0 Å². The van der Waals surface area contributed by atoms with Gasteiger partial charge in [0.2, 0.25) is 0 Å². The fraction of sp³-hybridized carbons (Fsp3) is 0.0769. The number of halogens is 2. The number of nitrogens with zero attached hydrogens (tertiary/aromatic N) is 1. The average molecular weight is 374 g/mol. The molecule has 0 aromatic heterocycles. The molecule has 0 aliphatic rings. The second-order valence-corrected chi connectivity index (χ2v) is 7.09. The summed E-state index contributed by atoms with van der Waals surface area (Å²) in [6.45, 7) is 0. The van der Waals surface area contributed by atoms with Crippen molar-refractivity contribution in [1.29, 1.82) is 0 Å². The molecule has 0 amide bonds. The van der Waals surface area contributed by atoms with Gasteiger partial charge in [-0.1, -0.05) is 22.0 Å². The van der Waals surface area contributed by atoms with Gasteiger partial charge in [0.05, 0.1) is 15.6 Å². The van der Waals surface area contributed by atoms with Gasteiger partial charge in [-0.15, -0.1) is 0 Å². The molecule has 2 rings (SSSR count). The minimum Gasteiger partial charge on any atom is -0.258 e. The number of nitro groups is 1. The van der Waals surface area contributed by atoms with Crippen LogP contribution in [0.25, 0.3) is 0 Å². The van der Waals surface area contributed by atoms with Gasteiger partial charge >= 0.3 is 0 Å². The Hall–Kier alpha value is -1.80. The lowest BCUT2D eigenvalue weighted by atomic mass is 10.2. The van der Waals surface area contributed by atoms with Crippen LogP contribution in [0.5, 0.6) is 0 Å². The number of hydrogen-bond acceptors (Lipinski definition) is 4. The Morgan fingerprint density at radius 2 is 1.76 bits per heavy atom. The topological polar surface area (TPSA) is 77.3 Å². The van der Waals surface area contributed by atoms with E-state index >= 15 is 0 Å². The van der Waals surface area contributed by atoms with Crippen molar-refractivity contribution in [2.24, 2.45) is 0 Å². The molecule has 2 aromatic rings. The predicted octanol–water partition coefficient (Wildman–Crippen LogP) is 3.47. The van der Waals surface area contributed by atoms with Gasteiger partial charge in [-0.3, -0.25) is 10.1 Å². The monoisotopic (exact) mass is 373 g/mol. The summed E-state index contributed by atoms with van der Waals surface area (Å²) in [6, 6.07) is 8.36. The molecule has 0 heterocycles. The van der Waals surface area contributed by atoms with Gasteiger partial charge in [-0.2, -0.15) is 0 Å². The summed E-state index contributed by atoms with van der Waals surface area (Å²) in [5.74, 6) is -0.859. The lowest BCUT2D eigenvalue weighted by Crippen LogP contribution is -2.05. The molecule has 8 heteroatoms. The second kappa shape index (κ2) is 5.90. The van der Waals surface area contributed by atoms with E-state index in [2.05, 4.69) is 15.9 Å². The molecule has 2 aromatic carbocycles. The maximum Gasteiger partial charge on any atom is 0.270 e. The van der Waals surface area contributed by atoms with Crippen LogP contribution in [0.2, 0.25) is 0 Å². The molecule has 0 spiro atoms. The van der Waals surface area contributed by atoms with E-state index in [0.717, 1.165) is 12.1 Å². The maximum absolute atomic E-state index is 12.8. The molecule has 5 nitrogen and oxygen atoms in total. The predicted molar refractivity (Wildman–Crippen MR) is 78.1 cm³/mol. The van der Waals surface area contributed by atoms with Gasteiger partial charge < -0.3 is 0 Å². The second-order valence-electron chi connectivity index (χ2n) is 4.25. The SMILES string of the molecule is O=[N+]([O-])c1ccc(CS(=O)(=O)c2ccc(F)cc2)c(Br)c1. The van der Waals surface area contributed by atoms with Gasteiger partial charge in [0.1, 0.15) is 5.82 Å². The number of sulfone groups is 1. The lowest BCUT2D eigenvalue weighted by molar-refractivity contribution is -0.384. The molecule has 0 radical (unpaired) electrons. The van der Waals surface area contributed by atoms with Gasteiger partial charge in [0, 0.05) is 16.6 Å². The van der Waals surface area contributed by atoms with Crippen LogP contribution in [0.4, 0.5) is 10.1 Å². The molecular weight excluding hydrogens is 365 g/mol. The van der Waals surface area contributed by atoms with Gasteiger partial charge in [-0.25, -0.2) is 12.8 Å². The summed E-state index contributed by atoms with van der Waals surface area (Å²) >= 11 is 3.12. The Bertz CT molecular complexity index is 790. The number of nitro benzene ring substituents is 1. The highest BCUT2D eigenvalue weighted by molar-refractivity contribution is 9.10. The molecule has 110 valence electrons. The van der Waals surface area contributed by atoms with E-state index in [4.69, 9.17) is 0 Å². The summed E-state index contributed by atoms with van der Waals surface area (Å²) in [4.78, 5) is 10.1. The molecule has 0 N–H and O–H groups in total. The summed E-state index contributed by atoms with van der Waals surface area (Å²) in [6.07, 6.45) is 0. The maximum atomic E-state index is 12.8. The third-order valence-corrected chi connectivity index (χ3v) is 5.19. The standard InChI is InChI=1S/C13H9BrFNO4S/c14-13-7-11(16(17)18)4-1-9(13)8-21(19,20)12-5-2-10(15)3-6-12/h1-7H,8H2. The normalized spacial score (nSPS) is 11.3. The van der Waals surface area contributed by atoms with Crippen LogP contribution in [0, 0.1) is 15.9 Å². The quantitative estimate of drug-likeness (QED) is 0.467. The molecule has 0 fully saturated rings. The van der Waals surface area contributed by atoms with Crippen molar-refractivity contribution in [2.75, 3.05) is 0 Å². The Balaban J connectivity index is 2.32. The van der Waals surface area contributed by atoms with Crippen molar-refractivity contribution in [1.82, 2.24) is 0 Å². The number of non-ortho nitro benzene ring substituents is 1. The highest BCUT2D eigenvalue weighted by atomic mass is 79.9. The van der Waals surface area contributed by atoms with Crippen molar-refractivity contribution in [2.45, 2.75) is 10.6 Å². The molecule has 0 bridgehead atoms. The smallest absolute Gasteiger partial charge is 0.258 e. The first-order valence-electron chi connectivity index (χ1n) is 5.71. The fourth-order valence-electron chi connectivity index (χ4n) is 1.70. The Kier molecular flexibility index (Phi) is 4.38. The van der Waals surface area contributed by atoms with Crippen LogP contribution in [-0.4, -0.2) is 13.3 Å². The number of benzene rings is 2. The highest BCUT2D eigenvalue weighted by Crippen LogP contribution is 2.26. The first-order chi connectivity index (χ1) is 9.79. The highest BCUT2D eigenvalue weighted by Gasteiger charge is 2.18. The van der Waals surface area contributed by atoms with Crippen LogP contribution in [0.1, 0.15) is 5.56 Å². The minimum absolute atomic E-state index is 0.00541. The molecule has 0 saturated heterocycles. The first-order valence-corrected chi connectivity index (χ1v) is 8.15. The Morgan fingerprint density at radius 3 is 2.29 bits per heavy atom. The third-order valence-electron chi connectivity index (χ3n) is 2.77. The van der Waals surface area contributed by atoms with Crippen molar-refractivity contribution in [3.05, 3.63) is 68.4 Å². The van der Waals surface area contributed by atoms with Crippen LogP contribution in [0.15, 0.2) is 51.8 Å². The fourth-order valence-corrected chi connectivity index (χ4v) is 3.77. The van der Waals surface area contributed by atoms with E-state index in [9.17, 15) is 22.9 Å². The zero-order chi connectivity index (χ0) is 15.6. The largest absolute Gasteiger partial charge is 0.270 e.